The van der Waals surface area contributed by atoms with Crippen molar-refractivity contribution in [1.29, 1.82) is 0 Å². The maximum Gasteiger partial charge on any atom is 0.239 e. The van der Waals surface area contributed by atoms with E-state index in [2.05, 4.69) is 17.1 Å². The number of benzene rings is 1. The van der Waals surface area contributed by atoms with Crippen LogP contribution in [-0.4, -0.2) is 21.1 Å². The number of aliphatic hydroxyl groups is 1. The zero-order valence-corrected chi connectivity index (χ0v) is 11.1. The molecule has 0 bridgehead atoms. The molecule has 0 amide bonds. The van der Waals surface area contributed by atoms with Crippen LogP contribution in [0, 0.1) is 0 Å². The first kappa shape index (κ1) is 12.2. The van der Waals surface area contributed by atoms with Gasteiger partial charge >= 0.3 is 0 Å². The summed E-state index contributed by atoms with van der Waals surface area (Å²) in [6, 6.07) is 10.2. The van der Waals surface area contributed by atoms with Crippen molar-refractivity contribution in [3.63, 3.8) is 0 Å². The number of imidazole rings is 1. The quantitative estimate of drug-likeness (QED) is 0.777. The van der Waals surface area contributed by atoms with E-state index in [4.69, 9.17) is 4.74 Å². The van der Waals surface area contributed by atoms with Crippen LogP contribution in [0.5, 0.6) is 5.88 Å². The van der Waals surface area contributed by atoms with Crippen molar-refractivity contribution in [2.75, 3.05) is 6.61 Å². The number of rotatable bonds is 5. The van der Waals surface area contributed by atoms with Gasteiger partial charge in [0.05, 0.1) is 13.2 Å². The summed E-state index contributed by atoms with van der Waals surface area (Å²) >= 11 is 1.53. The number of nitrogens with zero attached hydrogens (tertiary/aromatic N) is 2. The summed E-state index contributed by atoms with van der Waals surface area (Å²) in [7, 11) is 0. The van der Waals surface area contributed by atoms with Gasteiger partial charge in [0.2, 0.25) is 5.88 Å². The van der Waals surface area contributed by atoms with E-state index < -0.39 is 0 Å². The number of hydrogen-bond donors (Lipinski definition) is 1. The molecule has 1 aromatic carbocycles. The van der Waals surface area contributed by atoms with E-state index in [0.717, 1.165) is 11.4 Å². The highest BCUT2D eigenvalue weighted by Gasteiger charge is 2.13. The predicted molar refractivity (Wildman–Crippen MR) is 74.6 cm³/mol. The van der Waals surface area contributed by atoms with Gasteiger partial charge in [-0.1, -0.05) is 30.3 Å². The maximum atomic E-state index is 9.40. The highest BCUT2D eigenvalue weighted by Crippen LogP contribution is 2.23. The average molecular weight is 274 g/mol. The Hall–Kier alpha value is -1.85. The lowest BCUT2D eigenvalue weighted by Crippen LogP contribution is -2.03. The van der Waals surface area contributed by atoms with E-state index in [-0.39, 0.29) is 6.61 Å². The molecule has 5 heteroatoms. The highest BCUT2D eigenvalue weighted by molar-refractivity contribution is 7.15. The summed E-state index contributed by atoms with van der Waals surface area (Å²) in [6.45, 7) is 0.487. The minimum atomic E-state index is -0.0709. The van der Waals surface area contributed by atoms with Gasteiger partial charge in [-0.3, -0.25) is 4.40 Å². The Balaban J connectivity index is 1.70. The molecule has 19 heavy (non-hydrogen) atoms. The molecule has 2 heterocycles. The Morgan fingerprint density at radius 1 is 1.26 bits per heavy atom. The van der Waals surface area contributed by atoms with Crippen molar-refractivity contribution < 1.29 is 9.84 Å². The van der Waals surface area contributed by atoms with E-state index in [0.29, 0.717) is 18.2 Å². The van der Waals surface area contributed by atoms with Crippen molar-refractivity contribution in [1.82, 2.24) is 9.38 Å². The molecule has 0 spiro atoms. The standard InChI is InChI=1S/C14H14N2O2S/c17-10-12-13(15-14-16(12)7-9-19-14)18-8-6-11-4-2-1-3-5-11/h1-5,7,9,17H,6,8,10H2. The number of aromatic nitrogens is 2. The first-order valence-electron chi connectivity index (χ1n) is 6.10. The van der Waals surface area contributed by atoms with Crippen LogP contribution in [-0.2, 0) is 13.0 Å². The van der Waals surface area contributed by atoms with Gasteiger partial charge in [0, 0.05) is 18.0 Å². The van der Waals surface area contributed by atoms with Crippen molar-refractivity contribution >= 4 is 16.3 Å². The van der Waals surface area contributed by atoms with E-state index in [1.165, 1.54) is 16.9 Å². The Labute approximate surface area is 114 Å². The first-order chi connectivity index (χ1) is 9.38. The maximum absolute atomic E-state index is 9.40. The van der Waals surface area contributed by atoms with Crippen LogP contribution in [0.4, 0.5) is 0 Å². The fraction of sp³-hybridized carbons (Fsp3) is 0.214. The topological polar surface area (TPSA) is 46.8 Å². The Morgan fingerprint density at radius 3 is 2.89 bits per heavy atom. The van der Waals surface area contributed by atoms with Gasteiger partial charge in [-0.2, -0.15) is 4.98 Å². The van der Waals surface area contributed by atoms with Gasteiger partial charge in [-0.05, 0) is 5.56 Å². The smallest absolute Gasteiger partial charge is 0.239 e. The minimum absolute atomic E-state index is 0.0709. The molecule has 0 radical (unpaired) electrons. The molecule has 4 nitrogen and oxygen atoms in total. The van der Waals surface area contributed by atoms with Gasteiger partial charge in [-0.25, -0.2) is 0 Å². The molecule has 0 saturated heterocycles. The molecule has 1 N–H and O–H groups in total. The van der Waals surface area contributed by atoms with Crippen molar-refractivity contribution in [2.45, 2.75) is 13.0 Å². The number of thiazole rings is 1. The Kier molecular flexibility index (Phi) is 3.48. The molecule has 3 rings (SSSR count). The molecule has 98 valence electrons. The Morgan fingerprint density at radius 2 is 2.11 bits per heavy atom. The fourth-order valence-electron chi connectivity index (χ4n) is 1.98. The normalized spacial score (nSPS) is 11.0. The second-order valence-corrected chi connectivity index (χ2v) is 5.03. The summed E-state index contributed by atoms with van der Waals surface area (Å²) in [5, 5.41) is 11.3. The SMILES string of the molecule is OCc1c(OCCc2ccccc2)nc2sccn12. The Bertz CT molecular complexity index is 660. The zero-order chi connectivity index (χ0) is 13.1. The second-order valence-electron chi connectivity index (χ2n) is 4.16. The molecule has 0 fully saturated rings. The van der Waals surface area contributed by atoms with Crippen LogP contribution in [0.2, 0.25) is 0 Å². The van der Waals surface area contributed by atoms with E-state index >= 15 is 0 Å². The van der Waals surface area contributed by atoms with Crippen molar-refractivity contribution in [3.8, 4) is 5.88 Å². The number of aliphatic hydroxyl groups excluding tert-OH is 1. The lowest BCUT2D eigenvalue weighted by atomic mass is 10.2. The third-order valence-corrected chi connectivity index (χ3v) is 3.70. The van der Waals surface area contributed by atoms with Gasteiger partial charge in [0.25, 0.3) is 0 Å². The van der Waals surface area contributed by atoms with Crippen LogP contribution in [0.1, 0.15) is 11.3 Å². The van der Waals surface area contributed by atoms with Gasteiger partial charge in [-0.15, -0.1) is 11.3 Å². The molecule has 0 atom stereocenters. The van der Waals surface area contributed by atoms with Gasteiger partial charge in [0.15, 0.2) is 4.96 Å². The summed E-state index contributed by atoms with van der Waals surface area (Å²) in [5.74, 6) is 0.533. The molecule has 3 aromatic rings. The van der Waals surface area contributed by atoms with Crippen LogP contribution >= 0.6 is 11.3 Å². The predicted octanol–water partition coefficient (Wildman–Crippen LogP) is 2.51. The monoisotopic (exact) mass is 274 g/mol. The third-order valence-electron chi connectivity index (χ3n) is 2.95. The van der Waals surface area contributed by atoms with Gasteiger partial charge in [0.1, 0.15) is 5.69 Å². The lowest BCUT2D eigenvalue weighted by molar-refractivity contribution is 0.255. The molecule has 0 aliphatic heterocycles. The van der Waals surface area contributed by atoms with Crippen LogP contribution in [0.15, 0.2) is 41.9 Å². The lowest BCUT2D eigenvalue weighted by Gasteiger charge is -2.05. The van der Waals surface area contributed by atoms with E-state index in [1.54, 1.807) is 0 Å². The van der Waals surface area contributed by atoms with E-state index in [9.17, 15) is 5.11 Å². The minimum Gasteiger partial charge on any atom is -0.476 e. The van der Waals surface area contributed by atoms with Crippen molar-refractivity contribution in [3.05, 3.63) is 53.2 Å². The summed E-state index contributed by atoms with van der Waals surface area (Å²) in [6.07, 6.45) is 2.72. The average Bonchev–Trinajstić information content (AvgIpc) is 3.00. The highest BCUT2D eigenvalue weighted by atomic mass is 32.1. The second kappa shape index (κ2) is 5.42. The number of ether oxygens (including phenoxy) is 1. The van der Waals surface area contributed by atoms with Crippen LogP contribution in [0.3, 0.4) is 0 Å². The molecule has 0 saturated carbocycles. The van der Waals surface area contributed by atoms with Gasteiger partial charge < -0.3 is 9.84 Å². The first-order valence-corrected chi connectivity index (χ1v) is 6.98. The third kappa shape index (κ3) is 2.47. The van der Waals surface area contributed by atoms with E-state index in [1.807, 2.05) is 34.2 Å². The molecule has 0 aliphatic carbocycles. The fourth-order valence-corrected chi connectivity index (χ4v) is 2.71. The summed E-state index contributed by atoms with van der Waals surface area (Å²) in [4.78, 5) is 5.22. The van der Waals surface area contributed by atoms with Crippen LogP contribution < -0.4 is 4.74 Å². The summed E-state index contributed by atoms with van der Waals surface area (Å²) in [5.41, 5.74) is 1.94. The number of hydrogen-bond acceptors (Lipinski definition) is 4. The molecule has 0 unspecified atom stereocenters. The largest absolute Gasteiger partial charge is 0.476 e. The number of fused-ring (bicyclic) bond motifs is 1. The molecular weight excluding hydrogens is 260 g/mol. The molecule has 2 aromatic heterocycles. The summed E-state index contributed by atoms with van der Waals surface area (Å²) < 4.78 is 7.55. The van der Waals surface area contributed by atoms with Crippen molar-refractivity contribution in [2.24, 2.45) is 0 Å². The molecule has 0 aliphatic rings. The van der Waals surface area contributed by atoms with Crippen LogP contribution in [0.25, 0.3) is 4.96 Å². The molecular formula is C14H14N2O2S. The zero-order valence-electron chi connectivity index (χ0n) is 10.3.